The number of halogens is 1. The van der Waals surface area contributed by atoms with Crippen molar-refractivity contribution in [2.45, 2.75) is 6.10 Å². The third kappa shape index (κ3) is 2.63. The standard InChI is InChI=1S/C17H14ClNO3/c18-11-22-15(12-6-2-1-3-7-12)10-19-16(20)13-8-4-5-9-14(13)17(19)21/h1-9,15H,10-11H2. The number of amides is 2. The third-order valence-electron chi connectivity index (χ3n) is 3.66. The van der Waals surface area contributed by atoms with Crippen molar-refractivity contribution < 1.29 is 14.3 Å². The fourth-order valence-electron chi connectivity index (χ4n) is 2.57. The van der Waals surface area contributed by atoms with E-state index in [9.17, 15) is 9.59 Å². The molecular formula is C17H14ClNO3. The second-order valence-corrected chi connectivity index (χ2v) is 5.16. The molecular weight excluding hydrogens is 302 g/mol. The Bertz CT molecular complexity index is 667. The molecule has 1 aliphatic rings. The molecule has 1 heterocycles. The van der Waals surface area contributed by atoms with E-state index < -0.39 is 6.10 Å². The van der Waals surface area contributed by atoms with Gasteiger partial charge in [-0.2, -0.15) is 0 Å². The molecule has 0 aliphatic carbocycles. The van der Waals surface area contributed by atoms with Gasteiger partial charge in [0.25, 0.3) is 11.8 Å². The number of hydrogen-bond acceptors (Lipinski definition) is 3. The Morgan fingerprint density at radius 2 is 1.45 bits per heavy atom. The maximum absolute atomic E-state index is 12.4. The Kier molecular flexibility index (Phi) is 4.22. The molecule has 0 spiro atoms. The average Bonchev–Trinajstić information content (AvgIpc) is 2.80. The predicted molar refractivity (Wildman–Crippen MR) is 82.8 cm³/mol. The number of carbonyl (C=O) groups is 2. The van der Waals surface area contributed by atoms with Gasteiger partial charge in [0.15, 0.2) is 0 Å². The van der Waals surface area contributed by atoms with Crippen molar-refractivity contribution in [2.24, 2.45) is 0 Å². The van der Waals surface area contributed by atoms with Crippen molar-refractivity contribution in [3.63, 3.8) is 0 Å². The summed E-state index contributed by atoms with van der Waals surface area (Å²) in [5.74, 6) is -0.584. The van der Waals surface area contributed by atoms with E-state index >= 15 is 0 Å². The SMILES string of the molecule is O=C1c2ccccc2C(=O)N1CC(OCCl)c1ccccc1. The van der Waals surface area contributed by atoms with Gasteiger partial charge in [-0.3, -0.25) is 14.5 Å². The van der Waals surface area contributed by atoms with Crippen LogP contribution in [0, 0.1) is 0 Å². The number of rotatable bonds is 5. The highest BCUT2D eigenvalue weighted by Crippen LogP contribution is 2.26. The van der Waals surface area contributed by atoms with Crippen LogP contribution in [0.25, 0.3) is 0 Å². The highest BCUT2D eigenvalue weighted by atomic mass is 35.5. The molecule has 0 aromatic heterocycles. The highest BCUT2D eigenvalue weighted by molar-refractivity contribution is 6.21. The molecule has 1 aliphatic heterocycles. The molecule has 1 unspecified atom stereocenters. The van der Waals surface area contributed by atoms with Crippen LogP contribution >= 0.6 is 11.6 Å². The van der Waals surface area contributed by atoms with Crippen LogP contribution < -0.4 is 0 Å². The van der Waals surface area contributed by atoms with E-state index in [2.05, 4.69) is 0 Å². The zero-order chi connectivity index (χ0) is 15.5. The van der Waals surface area contributed by atoms with Gasteiger partial charge in [-0.15, -0.1) is 0 Å². The van der Waals surface area contributed by atoms with E-state index in [-0.39, 0.29) is 24.4 Å². The van der Waals surface area contributed by atoms with Crippen molar-refractivity contribution in [1.82, 2.24) is 4.90 Å². The van der Waals surface area contributed by atoms with Gasteiger partial charge in [0.2, 0.25) is 0 Å². The van der Waals surface area contributed by atoms with Gasteiger partial charge in [0.1, 0.15) is 12.2 Å². The largest absolute Gasteiger partial charge is 0.356 e. The van der Waals surface area contributed by atoms with Gasteiger partial charge in [0.05, 0.1) is 17.7 Å². The van der Waals surface area contributed by atoms with Crippen LogP contribution in [0.1, 0.15) is 32.4 Å². The molecule has 0 fully saturated rings. The maximum atomic E-state index is 12.4. The molecule has 2 amide bonds. The molecule has 112 valence electrons. The first-order chi connectivity index (χ1) is 10.7. The summed E-state index contributed by atoms with van der Waals surface area (Å²) < 4.78 is 5.50. The summed E-state index contributed by atoms with van der Waals surface area (Å²) in [5, 5.41) is 0. The first-order valence-corrected chi connectivity index (χ1v) is 7.43. The van der Waals surface area contributed by atoms with Crippen molar-refractivity contribution in [3.05, 3.63) is 71.3 Å². The Balaban J connectivity index is 1.86. The molecule has 22 heavy (non-hydrogen) atoms. The number of nitrogens with zero attached hydrogens (tertiary/aromatic N) is 1. The van der Waals surface area contributed by atoms with Gasteiger partial charge < -0.3 is 4.74 Å². The second-order valence-electron chi connectivity index (χ2n) is 4.94. The highest BCUT2D eigenvalue weighted by Gasteiger charge is 2.36. The van der Waals surface area contributed by atoms with Crippen LogP contribution in [0.5, 0.6) is 0 Å². The van der Waals surface area contributed by atoms with Gasteiger partial charge in [0, 0.05) is 0 Å². The number of hydrogen-bond donors (Lipinski definition) is 0. The minimum absolute atomic E-state index is 0.0112. The van der Waals surface area contributed by atoms with Gasteiger partial charge in [-0.25, -0.2) is 0 Å². The fourth-order valence-corrected chi connectivity index (χ4v) is 2.72. The molecule has 5 heteroatoms. The van der Waals surface area contributed by atoms with Crippen molar-refractivity contribution in [1.29, 1.82) is 0 Å². The number of benzene rings is 2. The van der Waals surface area contributed by atoms with Crippen molar-refractivity contribution in [2.75, 3.05) is 12.6 Å². The van der Waals surface area contributed by atoms with Crippen LogP contribution in [0.3, 0.4) is 0 Å². The lowest BCUT2D eigenvalue weighted by Crippen LogP contribution is -2.34. The molecule has 2 aromatic rings. The molecule has 0 bridgehead atoms. The third-order valence-corrected chi connectivity index (χ3v) is 3.79. The molecule has 1 atom stereocenters. The fraction of sp³-hybridized carbons (Fsp3) is 0.176. The van der Waals surface area contributed by atoms with E-state index in [0.717, 1.165) is 5.56 Å². The summed E-state index contributed by atoms with van der Waals surface area (Å²) in [5.41, 5.74) is 1.75. The number of alkyl halides is 1. The van der Waals surface area contributed by atoms with E-state index in [0.29, 0.717) is 11.1 Å². The summed E-state index contributed by atoms with van der Waals surface area (Å²) in [7, 11) is 0. The van der Waals surface area contributed by atoms with Crippen LogP contribution in [0.4, 0.5) is 0 Å². The number of imide groups is 1. The summed E-state index contributed by atoms with van der Waals surface area (Å²) >= 11 is 5.68. The normalized spacial score (nSPS) is 15.0. The summed E-state index contributed by atoms with van der Waals surface area (Å²) in [4.78, 5) is 26.0. The average molecular weight is 316 g/mol. The zero-order valence-corrected chi connectivity index (χ0v) is 12.5. The zero-order valence-electron chi connectivity index (χ0n) is 11.7. The van der Waals surface area contributed by atoms with Gasteiger partial charge in [-0.05, 0) is 17.7 Å². The maximum Gasteiger partial charge on any atom is 0.261 e. The molecule has 0 saturated carbocycles. The Labute approximate surface area is 133 Å². The number of fused-ring (bicyclic) bond motifs is 1. The Morgan fingerprint density at radius 3 is 2.00 bits per heavy atom. The van der Waals surface area contributed by atoms with Crippen molar-refractivity contribution in [3.8, 4) is 0 Å². The summed E-state index contributed by atoms with van der Waals surface area (Å²) in [6.07, 6.45) is -0.444. The smallest absolute Gasteiger partial charge is 0.261 e. The molecule has 0 N–H and O–H groups in total. The van der Waals surface area contributed by atoms with Crippen LogP contribution in [0.2, 0.25) is 0 Å². The molecule has 4 nitrogen and oxygen atoms in total. The van der Waals surface area contributed by atoms with E-state index in [1.165, 1.54) is 4.90 Å². The lowest BCUT2D eigenvalue weighted by molar-refractivity contribution is 0.0391. The Hall–Kier alpha value is -2.17. The molecule has 2 aromatic carbocycles. The number of carbonyl (C=O) groups excluding carboxylic acids is 2. The minimum Gasteiger partial charge on any atom is -0.356 e. The van der Waals surface area contributed by atoms with Gasteiger partial charge >= 0.3 is 0 Å². The predicted octanol–water partition coefficient (Wildman–Crippen LogP) is 3.24. The van der Waals surface area contributed by atoms with Crippen LogP contribution in [0.15, 0.2) is 54.6 Å². The summed E-state index contributed by atoms with van der Waals surface area (Å²) in [6, 6.07) is 16.2. The van der Waals surface area contributed by atoms with E-state index in [1.807, 2.05) is 30.3 Å². The first kappa shape index (κ1) is 14.8. The molecule has 0 saturated heterocycles. The molecule has 3 rings (SSSR count). The monoisotopic (exact) mass is 315 g/mol. The van der Waals surface area contributed by atoms with Crippen LogP contribution in [-0.2, 0) is 4.74 Å². The lowest BCUT2D eigenvalue weighted by atomic mass is 10.1. The number of ether oxygens (including phenoxy) is 1. The van der Waals surface area contributed by atoms with E-state index in [1.54, 1.807) is 24.3 Å². The topological polar surface area (TPSA) is 46.6 Å². The van der Waals surface area contributed by atoms with Crippen LogP contribution in [-0.4, -0.2) is 29.3 Å². The first-order valence-electron chi connectivity index (χ1n) is 6.90. The molecule has 0 radical (unpaired) electrons. The quantitative estimate of drug-likeness (QED) is 0.628. The second kappa shape index (κ2) is 6.30. The summed E-state index contributed by atoms with van der Waals surface area (Å²) in [6.45, 7) is 0.142. The van der Waals surface area contributed by atoms with Gasteiger partial charge in [-0.1, -0.05) is 54.1 Å². The lowest BCUT2D eigenvalue weighted by Gasteiger charge is -2.22. The van der Waals surface area contributed by atoms with Crippen molar-refractivity contribution >= 4 is 23.4 Å². The Morgan fingerprint density at radius 1 is 0.909 bits per heavy atom. The van der Waals surface area contributed by atoms with E-state index in [4.69, 9.17) is 16.3 Å². The minimum atomic E-state index is -0.444.